The Balaban J connectivity index is 1.43. The van der Waals surface area contributed by atoms with Crippen LogP contribution in [0.5, 0.6) is 11.5 Å². The summed E-state index contributed by atoms with van der Waals surface area (Å²) in [6.07, 6.45) is 12.5. The molecule has 1 heterocycles. The second-order valence-electron chi connectivity index (χ2n) is 8.03. The summed E-state index contributed by atoms with van der Waals surface area (Å²) in [6.45, 7) is 3.44. The zero-order chi connectivity index (χ0) is 19.8. The van der Waals surface area contributed by atoms with Crippen molar-refractivity contribution < 1.29 is 14.3 Å². The molecule has 0 atom stereocenters. The van der Waals surface area contributed by atoms with Crippen LogP contribution >= 0.6 is 0 Å². The largest absolute Gasteiger partial charge is 0.497 e. The van der Waals surface area contributed by atoms with Crippen LogP contribution in [-0.2, 0) is 4.79 Å². The number of piperidine rings is 1. The summed E-state index contributed by atoms with van der Waals surface area (Å²) in [5.41, 5.74) is 0.862. The van der Waals surface area contributed by atoms with Crippen LogP contribution in [0.4, 0.5) is 0 Å². The second kappa shape index (κ2) is 10.5. The predicted octanol–water partition coefficient (Wildman–Crippen LogP) is 3.88. The molecule has 1 aromatic carbocycles. The number of nitrogens with zero attached hydrogens (tertiary/aromatic N) is 1. The van der Waals surface area contributed by atoms with Gasteiger partial charge in [0.2, 0.25) is 5.91 Å². The summed E-state index contributed by atoms with van der Waals surface area (Å²) in [6, 6.07) is 5.85. The molecule has 1 amide bonds. The minimum absolute atomic E-state index is 0.0383. The number of methoxy groups -OCH3 is 2. The van der Waals surface area contributed by atoms with Crippen molar-refractivity contribution in [2.45, 2.75) is 51.0 Å². The molecule has 2 aliphatic rings. The monoisotopic (exact) mass is 386 g/mol. The Hall–Kier alpha value is -2.01. The predicted molar refractivity (Wildman–Crippen MR) is 113 cm³/mol. The van der Waals surface area contributed by atoms with E-state index in [1.54, 1.807) is 26.4 Å². The lowest BCUT2D eigenvalue weighted by Crippen LogP contribution is -2.45. The van der Waals surface area contributed by atoms with Gasteiger partial charge in [-0.05, 0) is 49.8 Å². The average molecular weight is 387 g/mol. The van der Waals surface area contributed by atoms with E-state index in [9.17, 15) is 4.79 Å². The number of amides is 1. The lowest BCUT2D eigenvalue weighted by atomic mass is 9.88. The Kier molecular flexibility index (Phi) is 7.78. The van der Waals surface area contributed by atoms with Gasteiger partial charge < -0.3 is 19.7 Å². The lowest BCUT2D eigenvalue weighted by molar-refractivity contribution is -0.117. The highest BCUT2D eigenvalue weighted by Crippen LogP contribution is 2.26. The SMILES string of the molecule is COc1ccc(/C=C/C(=O)NC2CCN(CC3CCCCC3)CC2)c(OC)c1. The molecule has 5 nitrogen and oxygen atoms in total. The van der Waals surface area contributed by atoms with Gasteiger partial charge in [-0.25, -0.2) is 0 Å². The minimum atomic E-state index is -0.0383. The molecule has 1 aliphatic heterocycles. The van der Waals surface area contributed by atoms with Crippen LogP contribution in [0.15, 0.2) is 24.3 Å². The fourth-order valence-corrected chi connectivity index (χ4v) is 4.37. The van der Waals surface area contributed by atoms with Gasteiger partial charge >= 0.3 is 0 Å². The molecule has 3 rings (SSSR count). The summed E-state index contributed by atoms with van der Waals surface area (Å²) in [5.74, 6) is 2.28. The molecule has 0 aromatic heterocycles. The van der Waals surface area contributed by atoms with Crippen LogP contribution in [0.2, 0.25) is 0 Å². The first kappa shape index (κ1) is 20.7. The van der Waals surface area contributed by atoms with Crippen molar-refractivity contribution in [3.05, 3.63) is 29.8 Å². The fraction of sp³-hybridized carbons (Fsp3) is 0.609. The van der Waals surface area contributed by atoms with E-state index in [2.05, 4.69) is 10.2 Å². The highest BCUT2D eigenvalue weighted by molar-refractivity contribution is 5.92. The van der Waals surface area contributed by atoms with Crippen LogP contribution in [0.1, 0.15) is 50.5 Å². The molecule has 1 saturated heterocycles. The third kappa shape index (κ3) is 5.99. The number of hydrogen-bond acceptors (Lipinski definition) is 4. The first-order valence-corrected chi connectivity index (χ1v) is 10.6. The Morgan fingerprint density at radius 2 is 1.86 bits per heavy atom. The Morgan fingerprint density at radius 3 is 2.54 bits per heavy atom. The molecule has 1 saturated carbocycles. The van der Waals surface area contributed by atoms with E-state index in [0.717, 1.165) is 43.2 Å². The number of benzene rings is 1. The highest BCUT2D eigenvalue weighted by atomic mass is 16.5. The van der Waals surface area contributed by atoms with Crippen molar-refractivity contribution in [2.75, 3.05) is 33.9 Å². The van der Waals surface area contributed by atoms with Gasteiger partial charge in [0.05, 0.1) is 14.2 Å². The maximum Gasteiger partial charge on any atom is 0.244 e. The van der Waals surface area contributed by atoms with Gasteiger partial charge in [0.15, 0.2) is 0 Å². The summed E-state index contributed by atoms with van der Waals surface area (Å²) >= 11 is 0. The molecule has 154 valence electrons. The van der Waals surface area contributed by atoms with Gasteiger partial charge in [0, 0.05) is 43.4 Å². The van der Waals surface area contributed by atoms with Crippen LogP contribution in [0.25, 0.3) is 6.08 Å². The number of nitrogens with one attached hydrogen (secondary N) is 1. The summed E-state index contributed by atoms with van der Waals surface area (Å²) in [4.78, 5) is 14.9. The molecule has 0 spiro atoms. The van der Waals surface area contributed by atoms with Gasteiger partial charge in [-0.3, -0.25) is 4.79 Å². The third-order valence-corrected chi connectivity index (χ3v) is 6.03. The summed E-state index contributed by atoms with van der Waals surface area (Å²) in [7, 11) is 3.24. The number of ether oxygens (including phenoxy) is 2. The van der Waals surface area contributed by atoms with Gasteiger partial charge in [-0.1, -0.05) is 19.3 Å². The van der Waals surface area contributed by atoms with E-state index < -0.39 is 0 Å². The van der Waals surface area contributed by atoms with Crippen molar-refractivity contribution in [1.29, 1.82) is 0 Å². The van der Waals surface area contributed by atoms with Gasteiger partial charge in [-0.2, -0.15) is 0 Å². The van der Waals surface area contributed by atoms with Crippen molar-refractivity contribution in [3.63, 3.8) is 0 Å². The smallest absolute Gasteiger partial charge is 0.244 e. The highest BCUT2D eigenvalue weighted by Gasteiger charge is 2.23. The number of rotatable bonds is 7. The minimum Gasteiger partial charge on any atom is -0.497 e. The van der Waals surface area contributed by atoms with Gasteiger partial charge in [0.1, 0.15) is 11.5 Å². The molecule has 28 heavy (non-hydrogen) atoms. The van der Waals surface area contributed by atoms with E-state index in [4.69, 9.17) is 9.47 Å². The topological polar surface area (TPSA) is 50.8 Å². The standard InChI is InChI=1S/C23H34N2O3/c1-27-21-10-8-19(22(16-21)28-2)9-11-23(26)24-20-12-14-25(15-13-20)17-18-6-4-3-5-7-18/h8-11,16,18,20H,3-7,12-15,17H2,1-2H3,(H,24,26)/b11-9+. The number of carbonyl (C=O) groups excluding carboxylic acids is 1. The quantitative estimate of drug-likeness (QED) is 0.723. The molecule has 0 radical (unpaired) electrons. The lowest BCUT2D eigenvalue weighted by Gasteiger charge is -2.35. The average Bonchev–Trinajstić information content (AvgIpc) is 2.74. The zero-order valence-electron chi connectivity index (χ0n) is 17.3. The van der Waals surface area contributed by atoms with Crippen molar-refractivity contribution in [1.82, 2.24) is 10.2 Å². The Morgan fingerprint density at radius 1 is 1.11 bits per heavy atom. The normalized spacial score (nSPS) is 19.6. The molecule has 1 N–H and O–H groups in total. The number of hydrogen-bond donors (Lipinski definition) is 1. The third-order valence-electron chi connectivity index (χ3n) is 6.03. The van der Waals surface area contributed by atoms with Crippen molar-refractivity contribution in [3.8, 4) is 11.5 Å². The van der Waals surface area contributed by atoms with Gasteiger partial charge in [0.25, 0.3) is 0 Å². The molecule has 0 unspecified atom stereocenters. The van der Waals surface area contributed by atoms with E-state index in [1.807, 2.05) is 18.2 Å². The maximum atomic E-state index is 12.3. The van der Waals surface area contributed by atoms with Crippen LogP contribution in [0, 0.1) is 5.92 Å². The summed E-state index contributed by atoms with van der Waals surface area (Å²) < 4.78 is 10.6. The molecular formula is C23H34N2O3. The molecule has 1 aromatic rings. The Bertz CT molecular complexity index is 660. The van der Waals surface area contributed by atoms with E-state index in [-0.39, 0.29) is 11.9 Å². The van der Waals surface area contributed by atoms with Gasteiger partial charge in [-0.15, -0.1) is 0 Å². The van der Waals surface area contributed by atoms with Crippen LogP contribution in [-0.4, -0.2) is 50.7 Å². The molecular weight excluding hydrogens is 352 g/mol. The molecule has 0 bridgehead atoms. The maximum absolute atomic E-state index is 12.3. The summed E-state index contributed by atoms with van der Waals surface area (Å²) in [5, 5.41) is 3.16. The van der Waals surface area contributed by atoms with Crippen molar-refractivity contribution in [2.24, 2.45) is 5.92 Å². The van der Waals surface area contributed by atoms with Crippen molar-refractivity contribution >= 4 is 12.0 Å². The first-order chi connectivity index (χ1) is 13.7. The number of likely N-dealkylation sites (tertiary alicyclic amines) is 1. The van der Waals surface area contributed by atoms with Crippen LogP contribution in [0.3, 0.4) is 0 Å². The van der Waals surface area contributed by atoms with E-state index in [0.29, 0.717) is 5.75 Å². The van der Waals surface area contributed by atoms with Crippen LogP contribution < -0.4 is 14.8 Å². The molecule has 2 fully saturated rings. The first-order valence-electron chi connectivity index (χ1n) is 10.6. The van der Waals surface area contributed by atoms with E-state index in [1.165, 1.54) is 38.6 Å². The fourth-order valence-electron chi connectivity index (χ4n) is 4.37. The van der Waals surface area contributed by atoms with E-state index >= 15 is 0 Å². The molecule has 1 aliphatic carbocycles. The zero-order valence-corrected chi connectivity index (χ0v) is 17.3. The second-order valence-corrected chi connectivity index (χ2v) is 8.03. The number of carbonyl (C=O) groups is 1. The Labute approximate surface area is 169 Å². The molecule has 5 heteroatoms.